The maximum absolute atomic E-state index is 15.2. The van der Waals surface area contributed by atoms with E-state index in [0.717, 1.165) is 46.9 Å². The van der Waals surface area contributed by atoms with Gasteiger partial charge in [0.25, 0.3) is 11.8 Å². The number of benzene rings is 2. The molecule has 59 heavy (non-hydrogen) atoms. The number of nitrogens with one attached hydrogen (secondary N) is 2. The predicted octanol–water partition coefficient (Wildman–Crippen LogP) is 6.04. The van der Waals surface area contributed by atoms with Crippen LogP contribution in [0.5, 0.6) is 0 Å². The zero-order valence-corrected chi connectivity index (χ0v) is 35.7. The molecule has 1 aromatic heterocycles. The van der Waals surface area contributed by atoms with Crippen molar-refractivity contribution in [1.29, 1.82) is 0 Å². The van der Waals surface area contributed by atoms with Gasteiger partial charge in [-0.3, -0.25) is 28.9 Å². The van der Waals surface area contributed by atoms with Gasteiger partial charge in [-0.05, 0) is 47.7 Å². The average Bonchev–Trinajstić information content (AvgIpc) is 3.70. The van der Waals surface area contributed by atoms with Gasteiger partial charge in [0.2, 0.25) is 17.7 Å². The second-order valence-corrected chi connectivity index (χ2v) is 22.6. The number of hydrogen-bond acceptors (Lipinski definition) is 6. The first-order chi connectivity index (χ1) is 27.7. The molecule has 3 aromatic rings. The number of carbonyl (C=O) groups excluding carboxylic acids is 5. The molecule has 0 aliphatic carbocycles. The lowest BCUT2D eigenvalue weighted by atomic mass is 9.82. The number of rotatable bonds is 20. The largest absolute Gasteiger partial charge is 0.465 e. The highest BCUT2D eigenvalue weighted by Crippen LogP contribution is 2.41. The topological polar surface area (TPSA) is 161 Å². The minimum atomic E-state index is -1.57. The van der Waals surface area contributed by atoms with Crippen LogP contribution in [0.4, 0.5) is 13.6 Å². The number of aromatic nitrogens is 1. The number of carboxylic acid groups (broad SMARTS) is 1. The van der Waals surface area contributed by atoms with E-state index >= 15 is 4.39 Å². The molecule has 0 saturated heterocycles. The molecule has 318 valence electrons. The molecule has 2 heterocycles. The highest BCUT2D eigenvalue weighted by Gasteiger charge is 2.37. The first-order valence-electron chi connectivity index (χ1n) is 19.8. The van der Waals surface area contributed by atoms with Crippen molar-refractivity contribution in [2.45, 2.75) is 78.3 Å². The van der Waals surface area contributed by atoms with Crippen LogP contribution in [0, 0.1) is 17.0 Å². The fourth-order valence-electron chi connectivity index (χ4n) is 6.86. The minimum Gasteiger partial charge on any atom is -0.465 e. The molecular weight excluding hydrogens is 779 g/mol. The second kappa shape index (κ2) is 20.4. The normalized spacial score (nSPS) is 13.4. The van der Waals surface area contributed by atoms with E-state index in [9.17, 15) is 38.3 Å². The molecule has 2 aromatic carbocycles. The zero-order valence-electron chi connectivity index (χ0n) is 34.7. The first-order valence-corrected chi connectivity index (χ1v) is 23.5. The average molecular weight is 835 g/mol. The maximum Gasteiger partial charge on any atom is 0.407 e. The van der Waals surface area contributed by atoms with Gasteiger partial charge in [-0.15, -0.1) is 0 Å². The molecule has 4 rings (SSSR count). The molecule has 0 fully saturated rings. The number of nitrogens with zero attached hydrogens (tertiary/aromatic N) is 4. The Morgan fingerprint density at radius 1 is 0.847 bits per heavy atom. The number of imide groups is 1. The fraction of sp³-hybridized carbons (Fsp3) is 0.442. The monoisotopic (exact) mass is 834 g/mol. The Hall–Kier alpha value is -5.64. The van der Waals surface area contributed by atoms with Crippen LogP contribution in [-0.2, 0) is 30.5 Å². The Kier molecular flexibility index (Phi) is 15.9. The third kappa shape index (κ3) is 13.7. The Morgan fingerprint density at radius 2 is 1.49 bits per heavy atom. The van der Waals surface area contributed by atoms with Gasteiger partial charge in [0, 0.05) is 95.4 Å². The summed E-state index contributed by atoms with van der Waals surface area (Å²) < 4.78 is 31.7. The van der Waals surface area contributed by atoms with E-state index in [-0.39, 0.29) is 50.5 Å². The van der Waals surface area contributed by atoms with Crippen LogP contribution < -0.4 is 10.6 Å². The molecule has 0 radical (unpaired) electrons. The smallest absolute Gasteiger partial charge is 0.407 e. The van der Waals surface area contributed by atoms with Crippen molar-refractivity contribution in [2.24, 2.45) is 5.41 Å². The maximum atomic E-state index is 15.2. The quantitative estimate of drug-likeness (QED) is 0.0711. The molecule has 1 atom stereocenters. The van der Waals surface area contributed by atoms with Crippen molar-refractivity contribution < 1.29 is 42.7 Å². The summed E-state index contributed by atoms with van der Waals surface area (Å²) in [5.74, 6) is -3.78. The lowest BCUT2D eigenvalue weighted by molar-refractivity contribution is -0.141. The molecule has 0 spiro atoms. The Morgan fingerprint density at radius 3 is 2.10 bits per heavy atom. The van der Waals surface area contributed by atoms with Crippen molar-refractivity contribution in [2.75, 3.05) is 39.3 Å². The molecule has 0 saturated carbocycles. The molecule has 3 N–H and O–H groups in total. The van der Waals surface area contributed by atoms with Crippen LogP contribution in [0.25, 0.3) is 11.1 Å². The third-order valence-corrected chi connectivity index (χ3v) is 11.6. The predicted molar refractivity (Wildman–Crippen MR) is 223 cm³/mol. The molecule has 0 unspecified atom stereocenters. The summed E-state index contributed by atoms with van der Waals surface area (Å²) in [6.45, 7) is 13.0. The lowest BCUT2D eigenvalue weighted by Crippen LogP contribution is -2.44. The minimum absolute atomic E-state index is 0.0187. The summed E-state index contributed by atoms with van der Waals surface area (Å²) in [6, 6.07) is 14.7. The number of halogens is 2. The number of carbonyl (C=O) groups is 6. The van der Waals surface area contributed by atoms with E-state index < -0.39 is 67.4 Å². The van der Waals surface area contributed by atoms with Gasteiger partial charge in [0.05, 0.1) is 6.04 Å². The van der Waals surface area contributed by atoms with E-state index in [1.807, 2.05) is 55.7 Å². The summed E-state index contributed by atoms with van der Waals surface area (Å²) in [4.78, 5) is 79.3. The fourth-order valence-corrected chi connectivity index (χ4v) is 7.80. The number of hydrogen-bond donors (Lipinski definition) is 3. The molecule has 1 aliphatic rings. The van der Waals surface area contributed by atoms with E-state index in [2.05, 4.69) is 30.3 Å². The van der Waals surface area contributed by atoms with E-state index in [1.165, 1.54) is 4.90 Å². The van der Waals surface area contributed by atoms with E-state index in [1.54, 1.807) is 17.2 Å². The van der Waals surface area contributed by atoms with Crippen LogP contribution in [0.2, 0.25) is 25.7 Å². The van der Waals surface area contributed by atoms with Crippen LogP contribution in [0.15, 0.2) is 72.9 Å². The Labute approximate surface area is 345 Å². The second-order valence-electron chi connectivity index (χ2n) is 17.0. The molecule has 13 nitrogen and oxygen atoms in total. The summed E-state index contributed by atoms with van der Waals surface area (Å²) >= 11 is 0. The molecular formula is C43H56F2N6O7Si. The van der Waals surface area contributed by atoms with Gasteiger partial charge in [-0.25, -0.2) is 13.6 Å². The molecule has 6 amide bonds. The molecule has 16 heteroatoms. The molecule has 1 aliphatic heterocycles. The van der Waals surface area contributed by atoms with Crippen molar-refractivity contribution in [3.05, 3.63) is 95.8 Å². The first kappa shape index (κ1) is 46.1. The van der Waals surface area contributed by atoms with E-state index in [4.69, 9.17) is 0 Å². The van der Waals surface area contributed by atoms with Gasteiger partial charge in [0.1, 0.15) is 18.2 Å². The van der Waals surface area contributed by atoms with Crippen molar-refractivity contribution in [3.8, 4) is 11.1 Å². The zero-order chi connectivity index (χ0) is 43.5. The van der Waals surface area contributed by atoms with Crippen LogP contribution in [0.1, 0.15) is 57.3 Å². The summed E-state index contributed by atoms with van der Waals surface area (Å²) in [7, 11) is -1.57. The summed E-state index contributed by atoms with van der Waals surface area (Å²) in [6.07, 6.45) is 2.78. The Balaban J connectivity index is 1.59. The van der Waals surface area contributed by atoms with Crippen molar-refractivity contribution in [1.82, 2.24) is 29.9 Å². The van der Waals surface area contributed by atoms with Crippen LogP contribution in [-0.4, -0.2) is 107 Å². The SMILES string of the molecule is CC(C)(C)[C@H](c1cc(-c2cc(F)ccc2F)cn1Cc1ccccc1)N(CCCN(CC[Si](C)(C)C)C(=O)O)C(=O)CCC(=O)NCCNC(=O)CN1C(=O)C=CC1=O. The van der Waals surface area contributed by atoms with Gasteiger partial charge in [0.15, 0.2) is 0 Å². The van der Waals surface area contributed by atoms with Gasteiger partial charge < -0.3 is 30.1 Å². The standard InChI is InChI=1S/C43H56F2N6O7Si/c1-43(2,3)41(35-25-31(33-26-32(44)13-14-34(33)45)28-49(35)27-30-11-8-7-9-12-30)50(22-10-21-48(42(57)58)23-24-59(4,5)6)38(54)16-15-36(52)46-19-20-47-37(53)29-51-39(55)17-18-40(51)56/h7-9,11-14,17-18,25-26,28,41H,10,15-16,19-24,27,29H2,1-6H3,(H,46,52)(H,47,53)(H,57,58)/t41-/m0/s1. The summed E-state index contributed by atoms with van der Waals surface area (Å²) in [5.41, 5.74) is 1.41. The third-order valence-electron chi connectivity index (χ3n) is 9.86. The van der Waals surface area contributed by atoms with Crippen LogP contribution in [0.3, 0.4) is 0 Å². The van der Waals surface area contributed by atoms with Gasteiger partial charge in [-0.2, -0.15) is 0 Å². The number of amides is 6. The summed E-state index contributed by atoms with van der Waals surface area (Å²) in [5, 5.41) is 15.3. The van der Waals surface area contributed by atoms with Crippen molar-refractivity contribution >= 4 is 43.7 Å². The van der Waals surface area contributed by atoms with Crippen molar-refractivity contribution in [3.63, 3.8) is 0 Å². The van der Waals surface area contributed by atoms with E-state index in [0.29, 0.717) is 30.8 Å². The van der Waals surface area contributed by atoms with Gasteiger partial charge >= 0.3 is 6.09 Å². The lowest BCUT2D eigenvalue weighted by Gasteiger charge is -2.41. The highest BCUT2D eigenvalue weighted by atomic mass is 28.3. The van der Waals surface area contributed by atoms with Crippen LogP contribution >= 0.6 is 0 Å². The van der Waals surface area contributed by atoms with Gasteiger partial charge in [-0.1, -0.05) is 70.7 Å². The molecule has 0 bridgehead atoms. The highest BCUT2D eigenvalue weighted by molar-refractivity contribution is 6.76. The Bertz CT molecular complexity index is 2010.